The van der Waals surface area contributed by atoms with Crippen LogP contribution in [0, 0.1) is 20.8 Å². The molecular formula is C15H16BrN5O2. The van der Waals surface area contributed by atoms with Gasteiger partial charge in [0, 0.05) is 18.3 Å². The molecule has 0 saturated carbocycles. The molecule has 0 fully saturated rings. The van der Waals surface area contributed by atoms with Gasteiger partial charge in [-0.15, -0.1) is 0 Å². The standard InChI is InChI=1S/C15H16BrN5O2/c1-7-12(9(3)20(4)18-7)10-6-11(15(22)23-5)21-14(17-10)13(16)8(2)19-21/h6H,1-5H3. The van der Waals surface area contributed by atoms with Gasteiger partial charge >= 0.3 is 5.97 Å². The fraction of sp³-hybridized carbons (Fsp3) is 0.333. The molecule has 23 heavy (non-hydrogen) atoms. The third-order valence-corrected chi connectivity index (χ3v) is 4.78. The Bertz CT molecular complexity index is 941. The van der Waals surface area contributed by atoms with Gasteiger partial charge in [0.2, 0.25) is 0 Å². The minimum Gasteiger partial charge on any atom is -0.464 e. The lowest BCUT2D eigenvalue weighted by atomic mass is 10.1. The molecule has 3 heterocycles. The molecule has 3 aromatic heterocycles. The highest BCUT2D eigenvalue weighted by Crippen LogP contribution is 2.29. The number of hydrogen-bond donors (Lipinski definition) is 0. The van der Waals surface area contributed by atoms with E-state index in [0.717, 1.165) is 27.1 Å². The zero-order valence-electron chi connectivity index (χ0n) is 13.5. The van der Waals surface area contributed by atoms with Crippen molar-refractivity contribution < 1.29 is 9.53 Å². The predicted octanol–water partition coefficient (Wildman–Crippen LogP) is 2.60. The van der Waals surface area contributed by atoms with Gasteiger partial charge in [-0.3, -0.25) is 4.68 Å². The van der Waals surface area contributed by atoms with Crippen molar-refractivity contribution in [3.8, 4) is 11.3 Å². The Kier molecular flexibility index (Phi) is 3.71. The van der Waals surface area contributed by atoms with Crippen LogP contribution in [0.4, 0.5) is 0 Å². The maximum Gasteiger partial charge on any atom is 0.356 e. The number of methoxy groups -OCH3 is 1. The van der Waals surface area contributed by atoms with Crippen molar-refractivity contribution in [1.29, 1.82) is 0 Å². The van der Waals surface area contributed by atoms with E-state index < -0.39 is 5.97 Å². The SMILES string of the molecule is COC(=O)c1cc(-c2c(C)nn(C)c2C)nc2c(Br)c(C)nn12. The van der Waals surface area contributed by atoms with E-state index in [4.69, 9.17) is 4.74 Å². The molecular weight excluding hydrogens is 362 g/mol. The summed E-state index contributed by atoms with van der Waals surface area (Å²) in [5.41, 5.74) is 5.05. The first-order valence-corrected chi connectivity index (χ1v) is 7.79. The van der Waals surface area contributed by atoms with Crippen molar-refractivity contribution >= 4 is 27.5 Å². The lowest BCUT2D eigenvalue weighted by Gasteiger charge is -2.07. The molecule has 0 N–H and O–H groups in total. The summed E-state index contributed by atoms with van der Waals surface area (Å²) < 4.78 is 8.93. The Morgan fingerprint density at radius 3 is 2.48 bits per heavy atom. The van der Waals surface area contributed by atoms with Crippen LogP contribution in [0.15, 0.2) is 10.5 Å². The number of ether oxygens (including phenoxy) is 1. The quantitative estimate of drug-likeness (QED) is 0.641. The number of hydrogen-bond acceptors (Lipinski definition) is 5. The van der Waals surface area contributed by atoms with E-state index in [9.17, 15) is 4.79 Å². The van der Waals surface area contributed by atoms with Crippen LogP contribution >= 0.6 is 15.9 Å². The van der Waals surface area contributed by atoms with Crippen LogP contribution in [0.5, 0.6) is 0 Å². The minimum absolute atomic E-state index is 0.323. The Morgan fingerprint density at radius 1 is 1.22 bits per heavy atom. The van der Waals surface area contributed by atoms with Gasteiger partial charge in [-0.1, -0.05) is 0 Å². The average Bonchev–Trinajstić information content (AvgIpc) is 2.94. The van der Waals surface area contributed by atoms with Crippen LogP contribution in [-0.4, -0.2) is 37.5 Å². The molecule has 0 saturated heterocycles. The van der Waals surface area contributed by atoms with Gasteiger partial charge in [0.15, 0.2) is 11.3 Å². The van der Waals surface area contributed by atoms with Crippen LogP contribution < -0.4 is 0 Å². The number of carbonyl (C=O) groups is 1. The van der Waals surface area contributed by atoms with E-state index in [0.29, 0.717) is 17.0 Å². The maximum atomic E-state index is 12.2. The highest BCUT2D eigenvalue weighted by atomic mass is 79.9. The van der Waals surface area contributed by atoms with Crippen molar-refractivity contribution in [2.24, 2.45) is 7.05 Å². The van der Waals surface area contributed by atoms with Gasteiger partial charge in [-0.05, 0) is 42.8 Å². The van der Waals surface area contributed by atoms with E-state index in [1.165, 1.54) is 11.6 Å². The van der Waals surface area contributed by atoms with E-state index in [1.54, 1.807) is 10.7 Å². The van der Waals surface area contributed by atoms with Gasteiger partial charge in [-0.25, -0.2) is 14.3 Å². The number of halogens is 1. The summed E-state index contributed by atoms with van der Waals surface area (Å²) >= 11 is 3.49. The van der Waals surface area contributed by atoms with Crippen molar-refractivity contribution in [2.75, 3.05) is 7.11 Å². The Hall–Kier alpha value is -2.22. The first-order valence-electron chi connectivity index (χ1n) is 7.00. The van der Waals surface area contributed by atoms with Crippen molar-refractivity contribution in [2.45, 2.75) is 20.8 Å². The zero-order chi connectivity index (χ0) is 16.9. The molecule has 0 bridgehead atoms. The summed E-state index contributed by atoms with van der Waals surface area (Å²) in [4.78, 5) is 16.8. The number of rotatable bonds is 2. The Morgan fingerprint density at radius 2 is 1.91 bits per heavy atom. The molecule has 8 heteroatoms. The first-order chi connectivity index (χ1) is 10.8. The van der Waals surface area contributed by atoms with E-state index in [1.807, 2.05) is 27.8 Å². The van der Waals surface area contributed by atoms with Crippen molar-refractivity contribution in [3.63, 3.8) is 0 Å². The third kappa shape index (κ3) is 2.33. The molecule has 0 spiro atoms. The smallest absolute Gasteiger partial charge is 0.356 e. The fourth-order valence-electron chi connectivity index (χ4n) is 2.62. The molecule has 3 aromatic rings. The second kappa shape index (κ2) is 5.45. The van der Waals surface area contributed by atoms with Crippen LogP contribution in [-0.2, 0) is 11.8 Å². The highest BCUT2D eigenvalue weighted by Gasteiger charge is 2.21. The number of aryl methyl sites for hydroxylation is 3. The van der Waals surface area contributed by atoms with Crippen LogP contribution in [0.1, 0.15) is 27.6 Å². The molecule has 3 rings (SSSR count). The monoisotopic (exact) mass is 377 g/mol. The van der Waals surface area contributed by atoms with Gasteiger partial charge in [0.25, 0.3) is 0 Å². The van der Waals surface area contributed by atoms with Crippen molar-refractivity contribution in [3.05, 3.63) is 33.3 Å². The van der Waals surface area contributed by atoms with Crippen molar-refractivity contribution in [1.82, 2.24) is 24.4 Å². The number of carbonyl (C=O) groups excluding carboxylic acids is 1. The first kappa shape index (κ1) is 15.7. The topological polar surface area (TPSA) is 74.3 Å². The van der Waals surface area contributed by atoms with Crippen LogP contribution in [0.3, 0.4) is 0 Å². The van der Waals surface area contributed by atoms with Gasteiger partial charge < -0.3 is 4.74 Å². The molecule has 0 aliphatic rings. The molecule has 0 aliphatic carbocycles. The number of nitrogens with zero attached hydrogens (tertiary/aromatic N) is 5. The molecule has 7 nitrogen and oxygen atoms in total. The van der Waals surface area contributed by atoms with E-state index in [-0.39, 0.29) is 0 Å². The second-order valence-electron chi connectivity index (χ2n) is 5.32. The largest absolute Gasteiger partial charge is 0.464 e. The summed E-state index contributed by atoms with van der Waals surface area (Å²) in [6.07, 6.45) is 0. The molecule has 120 valence electrons. The molecule has 0 aromatic carbocycles. The lowest BCUT2D eigenvalue weighted by molar-refractivity contribution is 0.0590. The van der Waals surface area contributed by atoms with E-state index in [2.05, 4.69) is 31.1 Å². The lowest BCUT2D eigenvalue weighted by Crippen LogP contribution is -2.11. The molecule has 0 amide bonds. The number of aromatic nitrogens is 5. The minimum atomic E-state index is -0.465. The van der Waals surface area contributed by atoms with E-state index >= 15 is 0 Å². The third-order valence-electron chi connectivity index (χ3n) is 3.85. The van der Waals surface area contributed by atoms with Gasteiger partial charge in [0.05, 0.1) is 28.7 Å². The summed E-state index contributed by atoms with van der Waals surface area (Å²) in [5.74, 6) is -0.465. The Balaban J connectivity index is 2.39. The normalized spacial score (nSPS) is 11.2. The predicted molar refractivity (Wildman–Crippen MR) is 88.4 cm³/mol. The molecule has 0 unspecified atom stereocenters. The maximum absolute atomic E-state index is 12.2. The number of esters is 1. The average molecular weight is 378 g/mol. The summed E-state index contributed by atoms with van der Waals surface area (Å²) in [6, 6.07) is 1.69. The van der Waals surface area contributed by atoms with Crippen LogP contribution in [0.2, 0.25) is 0 Å². The number of fused-ring (bicyclic) bond motifs is 1. The fourth-order valence-corrected chi connectivity index (χ4v) is 2.96. The van der Waals surface area contributed by atoms with Gasteiger partial charge in [0.1, 0.15) is 0 Å². The summed E-state index contributed by atoms with van der Waals surface area (Å²) in [5, 5.41) is 8.77. The molecule has 0 radical (unpaired) electrons. The highest BCUT2D eigenvalue weighted by molar-refractivity contribution is 9.10. The summed E-state index contributed by atoms with van der Waals surface area (Å²) in [7, 11) is 3.23. The Labute approximate surface area is 141 Å². The summed E-state index contributed by atoms with van der Waals surface area (Å²) in [6.45, 7) is 5.73. The molecule has 0 atom stereocenters. The van der Waals surface area contributed by atoms with Crippen LogP contribution in [0.25, 0.3) is 16.9 Å². The molecule has 0 aliphatic heterocycles. The van der Waals surface area contributed by atoms with Gasteiger partial charge in [-0.2, -0.15) is 10.2 Å². The second-order valence-corrected chi connectivity index (χ2v) is 6.12. The zero-order valence-corrected chi connectivity index (χ0v) is 15.1.